The van der Waals surface area contributed by atoms with E-state index in [0.717, 1.165) is 42.3 Å². The maximum Gasteiger partial charge on any atom is 0.291 e. The van der Waals surface area contributed by atoms with Gasteiger partial charge in [-0.05, 0) is 49.9 Å². The Morgan fingerprint density at radius 3 is 2.81 bits per heavy atom. The van der Waals surface area contributed by atoms with Gasteiger partial charge in [0.1, 0.15) is 12.1 Å². The first kappa shape index (κ1) is 16.5. The van der Waals surface area contributed by atoms with E-state index in [2.05, 4.69) is 20.4 Å². The zero-order valence-corrected chi connectivity index (χ0v) is 14.6. The molecule has 0 saturated heterocycles. The number of nitrogens with zero attached hydrogens (tertiary/aromatic N) is 4. The van der Waals surface area contributed by atoms with Gasteiger partial charge >= 0.3 is 0 Å². The van der Waals surface area contributed by atoms with Crippen LogP contribution < -0.4 is 10.1 Å². The molecule has 26 heavy (non-hydrogen) atoms. The van der Waals surface area contributed by atoms with Gasteiger partial charge in [-0.25, -0.2) is 4.98 Å². The minimum atomic E-state index is -0.211. The van der Waals surface area contributed by atoms with Crippen LogP contribution in [0.5, 0.6) is 5.75 Å². The Morgan fingerprint density at radius 2 is 2.04 bits per heavy atom. The van der Waals surface area contributed by atoms with Crippen LogP contribution in [0.4, 0.5) is 0 Å². The van der Waals surface area contributed by atoms with Gasteiger partial charge in [-0.15, -0.1) is 5.10 Å². The lowest BCUT2D eigenvalue weighted by Gasteiger charge is -2.29. The van der Waals surface area contributed by atoms with Gasteiger partial charge in [-0.2, -0.15) is 0 Å². The van der Waals surface area contributed by atoms with Gasteiger partial charge in [0.05, 0.1) is 11.6 Å². The molecule has 0 spiro atoms. The molecule has 1 N–H and O–H groups in total. The lowest BCUT2D eigenvalue weighted by atomic mass is 9.93. The summed E-state index contributed by atoms with van der Waals surface area (Å²) in [5, 5.41) is 8.13. The third kappa shape index (κ3) is 3.66. The maximum absolute atomic E-state index is 12.1. The summed E-state index contributed by atoms with van der Waals surface area (Å²) in [6, 6.07) is 10.1. The molecule has 7 heteroatoms. The molecule has 1 aromatic carbocycles. The van der Waals surface area contributed by atoms with Crippen LogP contribution in [0, 0.1) is 0 Å². The second-order valence-electron chi connectivity index (χ2n) is 6.66. The molecule has 1 aliphatic rings. The highest BCUT2D eigenvalue weighted by molar-refractivity contribution is 5.90. The summed E-state index contributed by atoms with van der Waals surface area (Å²) in [5.74, 6) is 0.878. The highest BCUT2D eigenvalue weighted by Gasteiger charge is 2.25. The summed E-state index contributed by atoms with van der Waals surface area (Å²) in [4.78, 5) is 20.4. The number of carbonyl (C=O) groups is 1. The molecular weight excluding hydrogens is 330 g/mol. The number of aromatic nitrogens is 4. The van der Waals surface area contributed by atoms with Crippen molar-refractivity contribution >= 4 is 16.8 Å². The zero-order chi connectivity index (χ0) is 17.9. The molecule has 2 aromatic heterocycles. The van der Waals surface area contributed by atoms with Crippen molar-refractivity contribution in [3.63, 3.8) is 0 Å². The largest absolute Gasteiger partial charge is 0.490 e. The van der Waals surface area contributed by atoms with Crippen LogP contribution in [-0.2, 0) is 7.05 Å². The van der Waals surface area contributed by atoms with E-state index in [9.17, 15) is 4.79 Å². The molecule has 1 amide bonds. The van der Waals surface area contributed by atoms with E-state index in [4.69, 9.17) is 4.74 Å². The van der Waals surface area contributed by atoms with Crippen LogP contribution in [0.1, 0.15) is 36.3 Å². The number of fused-ring (bicyclic) bond motifs is 1. The van der Waals surface area contributed by atoms with Crippen LogP contribution in [0.3, 0.4) is 0 Å². The topological polar surface area (TPSA) is 81.9 Å². The molecule has 0 radical (unpaired) electrons. The number of pyridine rings is 1. The van der Waals surface area contributed by atoms with Crippen molar-refractivity contribution in [3.05, 3.63) is 48.7 Å². The highest BCUT2D eigenvalue weighted by atomic mass is 16.5. The number of hydrogen-bond donors (Lipinski definition) is 1. The van der Waals surface area contributed by atoms with E-state index in [-0.39, 0.29) is 23.9 Å². The quantitative estimate of drug-likeness (QED) is 0.781. The van der Waals surface area contributed by atoms with Gasteiger partial charge in [0.2, 0.25) is 5.82 Å². The van der Waals surface area contributed by atoms with Crippen LogP contribution in [0.25, 0.3) is 10.9 Å². The van der Waals surface area contributed by atoms with Crippen LogP contribution in [-0.4, -0.2) is 37.8 Å². The summed E-state index contributed by atoms with van der Waals surface area (Å²) in [6.45, 7) is 0. The second kappa shape index (κ2) is 7.11. The Labute approximate surface area is 151 Å². The Bertz CT molecular complexity index is 915. The number of carbonyl (C=O) groups excluding carboxylic acids is 1. The molecular formula is C19H21N5O2. The number of aryl methyl sites for hydroxylation is 1. The van der Waals surface area contributed by atoms with Crippen LogP contribution in [0.15, 0.2) is 42.9 Å². The first-order valence-corrected chi connectivity index (χ1v) is 8.85. The molecule has 0 bridgehead atoms. The molecule has 3 aromatic rings. The third-order valence-electron chi connectivity index (χ3n) is 4.69. The van der Waals surface area contributed by atoms with Gasteiger partial charge < -0.3 is 10.1 Å². The van der Waals surface area contributed by atoms with Gasteiger partial charge in [0, 0.05) is 24.7 Å². The normalized spacial score (nSPS) is 20.0. The SMILES string of the molecule is Cn1cnc(C(=O)NC2CCC(Oc3ccc4ncccc4c3)CC2)n1. The molecule has 7 nitrogen and oxygen atoms in total. The molecule has 0 unspecified atom stereocenters. The Balaban J connectivity index is 1.31. The number of benzene rings is 1. The molecule has 4 rings (SSSR count). The minimum Gasteiger partial charge on any atom is -0.490 e. The zero-order valence-electron chi connectivity index (χ0n) is 14.6. The maximum atomic E-state index is 12.1. The Hall–Kier alpha value is -2.96. The fourth-order valence-electron chi connectivity index (χ4n) is 3.34. The van der Waals surface area contributed by atoms with Gasteiger partial charge in [-0.3, -0.25) is 14.5 Å². The Kier molecular flexibility index (Phi) is 4.51. The number of nitrogens with one attached hydrogen (secondary N) is 1. The number of ether oxygens (including phenoxy) is 1. The summed E-state index contributed by atoms with van der Waals surface area (Å²) < 4.78 is 7.66. The minimum absolute atomic E-state index is 0.145. The summed E-state index contributed by atoms with van der Waals surface area (Å²) in [5.41, 5.74) is 0.967. The van der Waals surface area contributed by atoms with Crippen molar-refractivity contribution in [3.8, 4) is 5.75 Å². The summed E-state index contributed by atoms with van der Waals surface area (Å²) >= 11 is 0. The van der Waals surface area contributed by atoms with Crippen molar-refractivity contribution in [2.24, 2.45) is 7.05 Å². The van der Waals surface area contributed by atoms with E-state index >= 15 is 0 Å². The second-order valence-corrected chi connectivity index (χ2v) is 6.66. The standard InChI is InChI=1S/C19H21N5O2/c1-24-12-21-18(23-24)19(25)22-14-4-6-15(7-5-14)26-16-8-9-17-13(11-16)3-2-10-20-17/h2-3,8-12,14-15H,4-7H2,1H3,(H,22,25). The molecule has 134 valence electrons. The van der Waals surface area contributed by atoms with Crippen LogP contribution >= 0.6 is 0 Å². The summed E-state index contributed by atoms with van der Waals surface area (Å²) in [6.07, 6.45) is 7.08. The predicted octanol–water partition coefficient (Wildman–Crippen LogP) is 2.48. The van der Waals surface area contributed by atoms with Crippen molar-refractivity contribution in [2.75, 3.05) is 0 Å². The van der Waals surface area contributed by atoms with E-state index in [0.29, 0.717) is 0 Å². The summed E-state index contributed by atoms with van der Waals surface area (Å²) in [7, 11) is 1.75. The van der Waals surface area contributed by atoms with Gasteiger partial charge in [0.25, 0.3) is 5.91 Å². The number of hydrogen-bond acceptors (Lipinski definition) is 5. The average Bonchev–Trinajstić information content (AvgIpc) is 3.10. The van der Waals surface area contributed by atoms with Crippen molar-refractivity contribution < 1.29 is 9.53 Å². The van der Waals surface area contributed by atoms with Crippen LogP contribution in [0.2, 0.25) is 0 Å². The predicted molar refractivity (Wildman–Crippen MR) is 96.9 cm³/mol. The lowest BCUT2D eigenvalue weighted by molar-refractivity contribution is 0.0883. The third-order valence-corrected chi connectivity index (χ3v) is 4.69. The molecule has 0 aliphatic heterocycles. The Morgan fingerprint density at radius 1 is 1.19 bits per heavy atom. The lowest BCUT2D eigenvalue weighted by Crippen LogP contribution is -2.40. The van der Waals surface area contributed by atoms with E-state index in [1.165, 1.54) is 11.0 Å². The van der Waals surface area contributed by atoms with E-state index in [1.807, 2.05) is 30.3 Å². The van der Waals surface area contributed by atoms with E-state index in [1.54, 1.807) is 13.2 Å². The monoisotopic (exact) mass is 351 g/mol. The molecule has 0 atom stereocenters. The van der Waals surface area contributed by atoms with Gasteiger partial charge in [-0.1, -0.05) is 6.07 Å². The van der Waals surface area contributed by atoms with Crippen molar-refractivity contribution in [2.45, 2.75) is 37.8 Å². The fraction of sp³-hybridized carbons (Fsp3) is 0.368. The van der Waals surface area contributed by atoms with Gasteiger partial charge in [0.15, 0.2) is 0 Å². The van der Waals surface area contributed by atoms with E-state index < -0.39 is 0 Å². The molecule has 1 saturated carbocycles. The first-order valence-electron chi connectivity index (χ1n) is 8.85. The molecule has 1 aliphatic carbocycles. The van der Waals surface area contributed by atoms with Crippen molar-refractivity contribution in [1.29, 1.82) is 0 Å². The van der Waals surface area contributed by atoms with Crippen molar-refractivity contribution in [1.82, 2.24) is 25.1 Å². The molecule has 1 fully saturated rings. The smallest absolute Gasteiger partial charge is 0.291 e. The first-order chi connectivity index (χ1) is 12.7. The average molecular weight is 351 g/mol. The highest BCUT2D eigenvalue weighted by Crippen LogP contribution is 2.26. The number of amides is 1. The number of rotatable bonds is 4. The molecule has 2 heterocycles. The fourth-order valence-corrected chi connectivity index (χ4v) is 3.34.